The number of hydrogen-bond acceptors (Lipinski definition) is 5. The van der Waals surface area contributed by atoms with Crippen LogP contribution in [0.3, 0.4) is 0 Å². The molecule has 0 fully saturated rings. The normalized spacial score (nSPS) is 19.0. The molecule has 2 aliphatic heterocycles. The van der Waals surface area contributed by atoms with E-state index in [0.717, 1.165) is 36.3 Å². The first-order valence-electron chi connectivity index (χ1n) is 9.20. The van der Waals surface area contributed by atoms with Gasteiger partial charge in [-0.25, -0.2) is 4.98 Å². The lowest BCUT2D eigenvalue weighted by Crippen LogP contribution is -2.34. The van der Waals surface area contributed by atoms with Gasteiger partial charge in [0.15, 0.2) is 0 Å². The average molecular weight is 376 g/mol. The summed E-state index contributed by atoms with van der Waals surface area (Å²) in [6, 6.07) is 10.7. The van der Waals surface area contributed by atoms with Crippen molar-refractivity contribution in [3.8, 4) is 0 Å². The molecule has 4 heterocycles. The Kier molecular flexibility index (Phi) is 4.02. The summed E-state index contributed by atoms with van der Waals surface area (Å²) in [4.78, 5) is 25.7. The van der Waals surface area contributed by atoms with Crippen LogP contribution in [0.2, 0.25) is 0 Å². The molecule has 0 aliphatic carbocycles. The molecule has 136 valence electrons. The predicted octanol–water partition coefficient (Wildman–Crippen LogP) is 3.80. The van der Waals surface area contributed by atoms with E-state index >= 15 is 0 Å². The lowest BCUT2D eigenvalue weighted by Gasteiger charge is -2.33. The number of benzene rings is 1. The van der Waals surface area contributed by atoms with Gasteiger partial charge in [-0.05, 0) is 48.7 Å². The Morgan fingerprint density at radius 3 is 3.00 bits per heavy atom. The van der Waals surface area contributed by atoms with Crippen molar-refractivity contribution in [1.82, 2.24) is 14.9 Å². The molecule has 5 nitrogen and oxygen atoms in total. The van der Waals surface area contributed by atoms with Crippen molar-refractivity contribution in [2.24, 2.45) is 0 Å². The van der Waals surface area contributed by atoms with Gasteiger partial charge in [0.2, 0.25) is 0 Å². The molecule has 2 aliphatic rings. The fourth-order valence-corrected chi connectivity index (χ4v) is 4.74. The second-order valence-corrected chi connectivity index (χ2v) is 8.05. The quantitative estimate of drug-likeness (QED) is 0.698. The van der Waals surface area contributed by atoms with Gasteiger partial charge in [0, 0.05) is 37.4 Å². The smallest absolute Gasteiger partial charge is 0.254 e. The molecule has 3 aromatic rings. The highest BCUT2D eigenvalue weighted by atomic mass is 32.1. The summed E-state index contributed by atoms with van der Waals surface area (Å²) < 4.78 is 1.23. The molecule has 1 unspecified atom stereocenters. The highest BCUT2D eigenvalue weighted by Crippen LogP contribution is 2.34. The highest BCUT2D eigenvalue weighted by Gasteiger charge is 2.35. The minimum Gasteiger partial charge on any atom is -0.303 e. The van der Waals surface area contributed by atoms with Gasteiger partial charge in [-0.3, -0.25) is 14.7 Å². The topological polar surface area (TPSA) is 49.3 Å². The van der Waals surface area contributed by atoms with Gasteiger partial charge in [-0.1, -0.05) is 6.07 Å². The summed E-state index contributed by atoms with van der Waals surface area (Å²) in [5.41, 5.74) is 7.37. The van der Waals surface area contributed by atoms with E-state index in [2.05, 4.69) is 40.0 Å². The maximum absolute atomic E-state index is 12.8. The van der Waals surface area contributed by atoms with Crippen molar-refractivity contribution in [1.29, 1.82) is 0 Å². The van der Waals surface area contributed by atoms with Crippen molar-refractivity contribution in [3.05, 3.63) is 64.9 Å². The number of rotatable bonds is 3. The minimum absolute atomic E-state index is 0.147. The van der Waals surface area contributed by atoms with Gasteiger partial charge in [0.05, 0.1) is 27.6 Å². The van der Waals surface area contributed by atoms with E-state index in [9.17, 15) is 4.79 Å². The number of hydrogen-bond donors (Lipinski definition) is 0. The molecule has 0 N–H and O–H groups in total. The fourth-order valence-electron chi connectivity index (χ4n) is 4.08. The minimum atomic E-state index is 0.147. The fraction of sp³-hybridized carbons (Fsp3) is 0.286. The van der Waals surface area contributed by atoms with Crippen molar-refractivity contribution in [3.63, 3.8) is 0 Å². The van der Waals surface area contributed by atoms with Crippen LogP contribution in [0, 0.1) is 0 Å². The third-order valence-electron chi connectivity index (χ3n) is 5.66. The van der Waals surface area contributed by atoms with Crippen molar-refractivity contribution in [2.75, 3.05) is 24.5 Å². The van der Waals surface area contributed by atoms with Crippen LogP contribution in [0.1, 0.15) is 24.9 Å². The van der Waals surface area contributed by atoms with Crippen molar-refractivity contribution < 1.29 is 4.79 Å². The lowest BCUT2D eigenvalue weighted by molar-refractivity contribution is -0.114. The standard InChI is InChI=1S/C21H20N4OS/c1-14(15-4-5-20-19(9-15)23-13-27-20)24-8-6-18-16(11-24)12-25(21(18)26)17-3-2-7-22-10-17/h2-5,7,9-10,13-14H,6,8,11-12H2,1H3. The Hall–Kier alpha value is -2.57. The van der Waals surface area contributed by atoms with Crippen LogP contribution in [-0.2, 0) is 4.79 Å². The van der Waals surface area contributed by atoms with Crippen LogP contribution in [-0.4, -0.2) is 40.4 Å². The van der Waals surface area contributed by atoms with Gasteiger partial charge in [0.1, 0.15) is 0 Å². The van der Waals surface area contributed by atoms with Gasteiger partial charge >= 0.3 is 0 Å². The predicted molar refractivity (Wildman–Crippen MR) is 108 cm³/mol. The zero-order valence-electron chi connectivity index (χ0n) is 15.1. The maximum atomic E-state index is 12.8. The number of thiazole rings is 1. The number of carbonyl (C=O) groups excluding carboxylic acids is 1. The molecule has 0 radical (unpaired) electrons. The maximum Gasteiger partial charge on any atom is 0.254 e. The second-order valence-electron chi connectivity index (χ2n) is 7.16. The van der Waals surface area contributed by atoms with Crippen LogP contribution in [0.5, 0.6) is 0 Å². The van der Waals surface area contributed by atoms with Crippen LogP contribution in [0.25, 0.3) is 10.2 Å². The lowest BCUT2D eigenvalue weighted by atomic mass is 9.98. The van der Waals surface area contributed by atoms with Crippen LogP contribution in [0.4, 0.5) is 5.69 Å². The molecule has 0 spiro atoms. The van der Waals surface area contributed by atoms with E-state index in [0.29, 0.717) is 12.6 Å². The Balaban J connectivity index is 1.36. The SMILES string of the molecule is CC(c1ccc2scnc2c1)N1CCC2=C(CN(c3cccnc3)C2=O)C1. The van der Waals surface area contributed by atoms with E-state index in [4.69, 9.17) is 0 Å². The number of pyridine rings is 1. The summed E-state index contributed by atoms with van der Waals surface area (Å²) in [5.74, 6) is 0.147. The summed E-state index contributed by atoms with van der Waals surface area (Å²) in [7, 11) is 0. The first kappa shape index (κ1) is 16.6. The van der Waals surface area contributed by atoms with Crippen LogP contribution >= 0.6 is 11.3 Å². The summed E-state index contributed by atoms with van der Waals surface area (Å²) in [6.45, 7) is 4.67. The Morgan fingerprint density at radius 1 is 1.22 bits per heavy atom. The number of fused-ring (bicyclic) bond motifs is 1. The summed E-state index contributed by atoms with van der Waals surface area (Å²) in [6.07, 6.45) is 4.31. The molecule has 0 saturated heterocycles. The molecule has 5 rings (SSSR count). The molecule has 2 aromatic heterocycles. The van der Waals surface area contributed by atoms with E-state index in [1.165, 1.54) is 15.8 Å². The zero-order valence-corrected chi connectivity index (χ0v) is 15.9. The van der Waals surface area contributed by atoms with Crippen LogP contribution in [0.15, 0.2) is 59.4 Å². The van der Waals surface area contributed by atoms with Gasteiger partial charge in [0.25, 0.3) is 5.91 Å². The molecular weight excluding hydrogens is 356 g/mol. The molecule has 0 bridgehead atoms. The van der Waals surface area contributed by atoms with Gasteiger partial charge in [-0.15, -0.1) is 11.3 Å². The van der Waals surface area contributed by atoms with E-state index in [-0.39, 0.29) is 5.91 Å². The summed E-state index contributed by atoms with van der Waals surface area (Å²) in [5, 5.41) is 0. The first-order chi connectivity index (χ1) is 13.2. The third-order valence-corrected chi connectivity index (χ3v) is 6.47. The molecule has 6 heteroatoms. The van der Waals surface area contributed by atoms with Crippen molar-refractivity contribution >= 4 is 33.1 Å². The third kappa shape index (κ3) is 2.85. The van der Waals surface area contributed by atoms with Crippen LogP contribution < -0.4 is 4.90 Å². The monoisotopic (exact) mass is 376 g/mol. The highest BCUT2D eigenvalue weighted by molar-refractivity contribution is 7.16. The van der Waals surface area contributed by atoms with E-state index < -0.39 is 0 Å². The average Bonchev–Trinajstić information content (AvgIpc) is 3.31. The number of anilines is 1. The number of carbonyl (C=O) groups is 1. The van der Waals surface area contributed by atoms with E-state index in [1.807, 2.05) is 22.5 Å². The molecule has 0 saturated carbocycles. The molecule has 1 amide bonds. The zero-order chi connectivity index (χ0) is 18.4. The van der Waals surface area contributed by atoms with E-state index in [1.54, 1.807) is 23.7 Å². The largest absolute Gasteiger partial charge is 0.303 e. The van der Waals surface area contributed by atoms with Gasteiger partial charge < -0.3 is 4.90 Å². The molecule has 1 atom stereocenters. The Labute approximate surface area is 162 Å². The second kappa shape index (κ2) is 6.55. The Bertz CT molecular complexity index is 1040. The number of nitrogens with zero attached hydrogens (tertiary/aromatic N) is 4. The molecular formula is C21H20N4OS. The first-order valence-corrected chi connectivity index (χ1v) is 10.1. The number of aromatic nitrogens is 2. The molecule has 27 heavy (non-hydrogen) atoms. The summed E-state index contributed by atoms with van der Waals surface area (Å²) >= 11 is 1.67. The number of amides is 1. The molecule has 1 aromatic carbocycles. The van der Waals surface area contributed by atoms with Crippen molar-refractivity contribution in [2.45, 2.75) is 19.4 Å². The Morgan fingerprint density at radius 2 is 2.15 bits per heavy atom. The van der Waals surface area contributed by atoms with Gasteiger partial charge in [-0.2, -0.15) is 0 Å².